The molecule has 0 saturated carbocycles. The van der Waals surface area contributed by atoms with E-state index >= 15 is 0 Å². The largest absolute Gasteiger partial charge is 0.483 e. The number of aryl methyl sites for hydroxylation is 1. The second-order valence-electron chi connectivity index (χ2n) is 3.07. The Labute approximate surface area is 87.9 Å². The van der Waals surface area contributed by atoms with Gasteiger partial charge in [0.1, 0.15) is 22.7 Å². The third-order valence-corrected chi connectivity index (χ3v) is 2.17. The minimum atomic E-state index is -0.339. The molecule has 0 spiro atoms. The molecule has 0 amide bonds. The first-order chi connectivity index (χ1) is 6.50. The lowest BCUT2D eigenvalue weighted by atomic mass is 10.2. The smallest absolute Gasteiger partial charge is 0.145 e. The van der Waals surface area contributed by atoms with E-state index in [1.165, 1.54) is 12.1 Å². The van der Waals surface area contributed by atoms with E-state index in [-0.39, 0.29) is 16.9 Å². The molecule has 1 unspecified atom stereocenters. The van der Waals surface area contributed by atoms with Gasteiger partial charge in [0.2, 0.25) is 0 Å². The van der Waals surface area contributed by atoms with E-state index in [2.05, 4.69) is 0 Å². The van der Waals surface area contributed by atoms with E-state index in [0.717, 1.165) is 5.56 Å². The maximum Gasteiger partial charge on any atom is 0.145 e. The van der Waals surface area contributed by atoms with Crippen LogP contribution in [0.15, 0.2) is 18.2 Å². The minimum absolute atomic E-state index is 0.280. The predicted molar refractivity (Wildman–Crippen MR) is 58.0 cm³/mol. The summed E-state index contributed by atoms with van der Waals surface area (Å²) in [6, 6.07) is 4.32. The second kappa shape index (κ2) is 4.37. The Morgan fingerprint density at radius 1 is 1.57 bits per heavy atom. The summed E-state index contributed by atoms with van der Waals surface area (Å²) in [7, 11) is 0. The van der Waals surface area contributed by atoms with Crippen molar-refractivity contribution in [3.8, 4) is 5.75 Å². The van der Waals surface area contributed by atoms with Gasteiger partial charge >= 0.3 is 0 Å². The molecule has 76 valence electrons. The molecule has 1 aromatic carbocycles. The average Bonchev–Trinajstić information content (AvgIpc) is 2.09. The van der Waals surface area contributed by atoms with E-state index in [9.17, 15) is 4.39 Å². The van der Waals surface area contributed by atoms with Gasteiger partial charge in [0.25, 0.3) is 0 Å². The van der Waals surface area contributed by atoms with Crippen molar-refractivity contribution in [2.45, 2.75) is 20.0 Å². The molecule has 1 aromatic rings. The Morgan fingerprint density at radius 3 is 2.71 bits per heavy atom. The lowest BCUT2D eigenvalue weighted by Crippen LogP contribution is -2.29. The van der Waals surface area contributed by atoms with Crippen molar-refractivity contribution in [2.75, 3.05) is 0 Å². The first-order valence-electron chi connectivity index (χ1n) is 4.23. The SMILES string of the molecule is Cc1cc(F)ccc1OC(C)C(N)=S. The van der Waals surface area contributed by atoms with Gasteiger partial charge in [-0.05, 0) is 37.6 Å². The van der Waals surface area contributed by atoms with Crippen molar-refractivity contribution in [3.63, 3.8) is 0 Å². The zero-order chi connectivity index (χ0) is 10.7. The summed E-state index contributed by atoms with van der Waals surface area (Å²) in [5, 5.41) is 0. The van der Waals surface area contributed by atoms with Gasteiger partial charge in [-0.25, -0.2) is 4.39 Å². The molecule has 0 heterocycles. The summed E-state index contributed by atoms with van der Waals surface area (Å²) in [5.41, 5.74) is 6.13. The molecular weight excluding hydrogens is 201 g/mol. The summed E-state index contributed by atoms with van der Waals surface area (Å²) in [6.45, 7) is 3.52. The van der Waals surface area contributed by atoms with Gasteiger partial charge in [0, 0.05) is 0 Å². The van der Waals surface area contributed by atoms with Gasteiger partial charge in [0.15, 0.2) is 0 Å². The average molecular weight is 213 g/mol. The number of thiocarbonyl (C=S) groups is 1. The van der Waals surface area contributed by atoms with Gasteiger partial charge in [-0.1, -0.05) is 12.2 Å². The van der Waals surface area contributed by atoms with E-state index in [0.29, 0.717) is 5.75 Å². The maximum atomic E-state index is 12.7. The zero-order valence-electron chi connectivity index (χ0n) is 8.08. The molecule has 0 bridgehead atoms. The monoisotopic (exact) mass is 213 g/mol. The van der Waals surface area contributed by atoms with Crippen LogP contribution in [0.25, 0.3) is 0 Å². The number of benzene rings is 1. The summed E-state index contributed by atoms with van der Waals surface area (Å²) in [5.74, 6) is 0.324. The van der Waals surface area contributed by atoms with E-state index in [1.54, 1.807) is 19.9 Å². The Kier molecular flexibility index (Phi) is 3.41. The third kappa shape index (κ3) is 2.67. The van der Waals surface area contributed by atoms with Gasteiger partial charge < -0.3 is 10.5 Å². The molecule has 2 N–H and O–H groups in total. The van der Waals surface area contributed by atoms with Gasteiger partial charge in [-0.15, -0.1) is 0 Å². The van der Waals surface area contributed by atoms with E-state index in [4.69, 9.17) is 22.7 Å². The molecule has 0 aromatic heterocycles. The summed E-state index contributed by atoms with van der Waals surface area (Å²) >= 11 is 4.77. The molecule has 1 atom stereocenters. The molecule has 0 saturated heterocycles. The predicted octanol–water partition coefficient (Wildman–Crippen LogP) is 2.19. The highest BCUT2D eigenvalue weighted by atomic mass is 32.1. The van der Waals surface area contributed by atoms with Crippen LogP contribution in [0.5, 0.6) is 5.75 Å². The fraction of sp³-hybridized carbons (Fsp3) is 0.300. The van der Waals surface area contributed by atoms with Crippen LogP contribution in [-0.4, -0.2) is 11.1 Å². The summed E-state index contributed by atoms with van der Waals surface area (Å²) < 4.78 is 18.2. The van der Waals surface area contributed by atoms with Crippen molar-refractivity contribution in [2.24, 2.45) is 5.73 Å². The minimum Gasteiger partial charge on any atom is -0.483 e. The summed E-state index contributed by atoms with van der Waals surface area (Å²) in [4.78, 5) is 0.286. The number of hydrogen-bond acceptors (Lipinski definition) is 2. The Morgan fingerprint density at radius 2 is 2.21 bits per heavy atom. The highest BCUT2D eigenvalue weighted by molar-refractivity contribution is 7.80. The fourth-order valence-corrected chi connectivity index (χ4v) is 1.04. The lowest BCUT2D eigenvalue weighted by Gasteiger charge is -2.14. The van der Waals surface area contributed by atoms with E-state index in [1.807, 2.05) is 0 Å². The summed E-state index contributed by atoms with van der Waals surface area (Å²) in [6.07, 6.45) is -0.339. The topological polar surface area (TPSA) is 35.2 Å². The van der Waals surface area contributed by atoms with Crippen LogP contribution in [0, 0.1) is 12.7 Å². The van der Waals surface area contributed by atoms with Crippen molar-refractivity contribution >= 4 is 17.2 Å². The van der Waals surface area contributed by atoms with Gasteiger partial charge in [-0.2, -0.15) is 0 Å². The number of halogens is 1. The van der Waals surface area contributed by atoms with Crippen LogP contribution in [0.3, 0.4) is 0 Å². The highest BCUT2D eigenvalue weighted by Crippen LogP contribution is 2.19. The first-order valence-corrected chi connectivity index (χ1v) is 4.63. The van der Waals surface area contributed by atoms with E-state index < -0.39 is 0 Å². The molecule has 2 nitrogen and oxygen atoms in total. The van der Waals surface area contributed by atoms with Gasteiger partial charge in [-0.3, -0.25) is 0 Å². The molecule has 1 rings (SSSR count). The van der Waals surface area contributed by atoms with Crippen LogP contribution >= 0.6 is 12.2 Å². The number of rotatable bonds is 3. The van der Waals surface area contributed by atoms with Crippen molar-refractivity contribution in [3.05, 3.63) is 29.6 Å². The highest BCUT2D eigenvalue weighted by Gasteiger charge is 2.08. The molecule has 0 aliphatic rings. The molecule has 0 aliphatic carbocycles. The van der Waals surface area contributed by atoms with Crippen LogP contribution < -0.4 is 10.5 Å². The van der Waals surface area contributed by atoms with Crippen molar-refractivity contribution < 1.29 is 9.13 Å². The Balaban J connectivity index is 2.82. The van der Waals surface area contributed by atoms with Crippen LogP contribution in [0.2, 0.25) is 0 Å². The standard InChI is InChI=1S/C10H12FNOS/c1-6-5-8(11)3-4-9(6)13-7(2)10(12)14/h3-5,7H,1-2H3,(H2,12,14). The lowest BCUT2D eigenvalue weighted by molar-refractivity contribution is 0.286. The molecule has 14 heavy (non-hydrogen) atoms. The van der Waals surface area contributed by atoms with Crippen molar-refractivity contribution in [1.29, 1.82) is 0 Å². The normalized spacial score (nSPS) is 12.2. The second-order valence-corrected chi connectivity index (χ2v) is 3.54. The molecule has 4 heteroatoms. The molecule has 0 aliphatic heterocycles. The fourth-order valence-electron chi connectivity index (χ4n) is 0.994. The number of nitrogens with two attached hydrogens (primary N) is 1. The Bertz CT molecular complexity index is 354. The van der Waals surface area contributed by atoms with Crippen molar-refractivity contribution in [1.82, 2.24) is 0 Å². The number of ether oxygens (including phenoxy) is 1. The Hall–Kier alpha value is -1.16. The molecule has 0 fully saturated rings. The zero-order valence-corrected chi connectivity index (χ0v) is 8.90. The first kappa shape index (κ1) is 10.9. The van der Waals surface area contributed by atoms with Gasteiger partial charge in [0.05, 0.1) is 0 Å². The maximum absolute atomic E-state index is 12.7. The third-order valence-electron chi connectivity index (χ3n) is 1.84. The van der Waals surface area contributed by atoms with Crippen LogP contribution in [0.4, 0.5) is 4.39 Å². The van der Waals surface area contributed by atoms with Crippen LogP contribution in [-0.2, 0) is 0 Å². The molecular formula is C10H12FNOS. The molecule has 0 radical (unpaired) electrons. The van der Waals surface area contributed by atoms with Crippen LogP contribution in [0.1, 0.15) is 12.5 Å². The quantitative estimate of drug-likeness (QED) is 0.782. The number of hydrogen-bond donors (Lipinski definition) is 1.